The molecule has 0 fully saturated rings. The van der Waals surface area contributed by atoms with E-state index in [1.54, 1.807) is 0 Å². The Morgan fingerprint density at radius 3 is 2.00 bits per heavy atom. The van der Waals surface area contributed by atoms with Crippen molar-refractivity contribution >= 4 is 97.2 Å². The summed E-state index contributed by atoms with van der Waals surface area (Å²) in [4.78, 5) is 0. The highest BCUT2D eigenvalue weighted by Gasteiger charge is 2.24. The van der Waals surface area contributed by atoms with E-state index >= 15 is 0 Å². The molecule has 11 aromatic rings. The lowest BCUT2D eigenvalue weighted by atomic mass is 9.88. The van der Waals surface area contributed by atoms with Crippen LogP contribution in [-0.2, 0) is 0 Å². The molecule has 264 valence electrons. The molecular formula is C53H36N2S. The van der Waals surface area contributed by atoms with Crippen LogP contribution in [0, 0.1) is 5.92 Å². The Hall–Kier alpha value is -6.68. The monoisotopic (exact) mass is 732 g/mol. The number of allylic oxidation sites excluding steroid dienone is 4. The van der Waals surface area contributed by atoms with Crippen LogP contribution in [0.25, 0.3) is 103 Å². The zero-order valence-electron chi connectivity index (χ0n) is 30.9. The molecule has 0 aliphatic heterocycles. The van der Waals surface area contributed by atoms with Crippen LogP contribution in [0.5, 0.6) is 0 Å². The van der Waals surface area contributed by atoms with Crippen LogP contribution < -0.4 is 0 Å². The van der Waals surface area contributed by atoms with Crippen molar-refractivity contribution in [2.24, 2.45) is 5.92 Å². The Morgan fingerprint density at radius 2 is 1.18 bits per heavy atom. The van der Waals surface area contributed by atoms with Gasteiger partial charge < -0.3 is 9.13 Å². The second kappa shape index (κ2) is 12.2. The van der Waals surface area contributed by atoms with Crippen molar-refractivity contribution in [1.29, 1.82) is 0 Å². The van der Waals surface area contributed by atoms with E-state index in [0.29, 0.717) is 5.92 Å². The number of aromatic nitrogens is 2. The van der Waals surface area contributed by atoms with E-state index in [4.69, 9.17) is 0 Å². The largest absolute Gasteiger partial charge is 0.313 e. The molecule has 3 aromatic heterocycles. The standard InChI is InChI=1S/C53H36N2S/c1-33-29-37(34-13-3-2-4-14-34)24-27-46(33)55-48-21-11-7-17-40(48)44-31-38(25-28-49(44)55)43-32-45-41-18-8-10-20-47(41)54(39-26-23-35-15-5-6-16-36(35)30-39)52(45)53-51(43)42-19-9-12-22-50(42)56-53/h2-28,30-33H,29H2,1H3. The van der Waals surface area contributed by atoms with Crippen molar-refractivity contribution in [1.82, 2.24) is 9.13 Å². The van der Waals surface area contributed by atoms with Crippen molar-refractivity contribution in [3.63, 3.8) is 0 Å². The fourth-order valence-corrected chi connectivity index (χ4v) is 10.8. The van der Waals surface area contributed by atoms with Crippen molar-refractivity contribution in [3.8, 4) is 16.8 Å². The summed E-state index contributed by atoms with van der Waals surface area (Å²) in [5, 5.41) is 10.3. The number of nitrogens with zero attached hydrogens (tertiary/aromatic N) is 2. The molecule has 0 bridgehead atoms. The Morgan fingerprint density at radius 1 is 0.500 bits per heavy atom. The van der Waals surface area contributed by atoms with E-state index in [2.05, 4.69) is 198 Å². The maximum atomic E-state index is 2.52. The maximum Gasteiger partial charge on any atom is 0.0720 e. The number of para-hydroxylation sites is 2. The number of benzene rings is 8. The average molecular weight is 733 g/mol. The first kappa shape index (κ1) is 31.6. The van der Waals surface area contributed by atoms with Gasteiger partial charge in [-0.05, 0) is 94.1 Å². The summed E-state index contributed by atoms with van der Waals surface area (Å²) in [5.74, 6) is 0.369. The SMILES string of the molecule is CC1CC(c2ccccc2)=CC=C1n1c2ccccc2c2cc(-c3cc4c5ccccc5n(-c5ccc6ccccc6c5)c4c4sc5ccccc5c34)ccc21. The molecule has 1 aliphatic carbocycles. The zero-order valence-corrected chi connectivity index (χ0v) is 31.7. The minimum Gasteiger partial charge on any atom is -0.313 e. The number of fused-ring (bicyclic) bond motifs is 11. The first-order chi connectivity index (χ1) is 27.7. The van der Waals surface area contributed by atoms with Gasteiger partial charge in [-0.25, -0.2) is 0 Å². The van der Waals surface area contributed by atoms with Gasteiger partial charge in [0, 0.05) is 54.3 Å². The summed E-state index contributed by atoms with van der Waals surface area (Å²) < 4.78 is 7.66. The minimum atomic E-state index is 0.369. The molecule has 3 heteroatoms. The molecule has 2 nitrogen and oxygen atoms in total. The molecule has 1 atom stereocenters. The van der Waals surface area contributed by atoms with Gasteiger partial charge >= 0.3 is 0 Å². The molecule has 56 heavy (non-hydrogen) atoms. The lowest BCUT2D eigenvalue weighted by Gasteiger charge is -2.24. The Bertz CT molecular complexity index is 3460. The second-order valence-corrected chi connectivity index (χ2v) is 16.4. The molecule has 1 aliphatic rings. The normalized spacial score (nSPS) is 14.8. The molecule has 0 saturated carbocycles. The Kier molecular flexibility index (Phi) is 6.87. The molecular weight excluding hydrogens is 697 g/mol. The summed E-state index contributed by atoms with van der Waals surface area (Å²) >= 11 is 1.92. The van der Waals surface area contributed by atoms with E-state index in [1.165, 1.54) is 108 Å². The number of thiophene rings is 1. The van der Waals surface area contributed by atoms with Crippen LogP contribution >= 0.6 is 11.3 Å². The first-order valence-electron chi connectivity index (χ1n) is 19.6. The summed E-state index contributed by atoms with van der Waals surface area (Å²) in [6, 6.07) is 62.9. The van der Waals surface area contributed by atoms with Crippen molar-refractivity contribution in [3.05, 3.63) is 188 Å². The molecule has 0 spiro atoms. The topological polar surface area (TPSA) is 9.86 Å². The van der Waals surface area contributed by atoms with Gasteiger partial charge in [0.05, 0.1) is 26.8 Å². The fraction of sp³-hybridized carbons (Fsp3) is 0.0566. The van der Waals surface area contributed by atoms with Gasteiger partial charge in [-0.15, -0.1) is 11.3 Å². The molecule has 0 radical (unpaired) electrons. The summed E-state index contributed by atoms with van der Waals surface area (Å²) in [5.41, 5.74) is 12.8. The summed E-state index contributed by atoms with van der Waals surface area (Å²) in [7, 11) is 0. The summed E-state index contributed by atoms with van der Waals surface area (Å²) in [6.07, 6.45) is 5.70. The fourth-order valence-electron chi connectivity index (χ4n) is 9.58. The molecule has 0 saturated heterocycles. The quantitative estimate of drug-likeness (QED) is 0.170. The van der Waals surface area contributed by atoms with Gasteiger partial charge in [0.2, 0.25) is 0 Å². The summed E-state index contributed by atoms with van der Waals surface area (Å²) in [6.45, 7) is 2.37. The highest BCUT2D eigenvalue weighted by atomic mass is 32.1. The zero-order chi connectivity index (χ0) is 36.9. The van der Waals surface area contributed by atoms with Gasteiger partial charge in [0.1, 0.15) is 0 Å². The third-order valence-corrected chi connectivity index (χ3v) is 13.3. The van der Waals surface area contributed by atoms with Gasteiger partial charge in [-0.1, -0.05) is 134 Å². The third-order valence-electron chi connectivity index (χ3n) is 12.1. The van der Waals surface area contributed by atoms with Crippen molar-refractivity contribution < 1.29 is 0 Å². The average Bonchev–Trinajstić information content (AvgIpc) is 3.91. The lowest BCUT2D eigenvalue weighted by Crippen LogP contribution is -2.10. The number of hydrogen-bond acceptors (Lipinski definition) is 1. The minimum absolute atomic E-state index is 0.369. The van der Waals surface area contributed by atoms with E-state index < -0.39 is 0 Å². The van der Waals surface area contributed by atoms with Crippen LogP contribution in [0.15, 0.2) is 182 Å². The van der Waals surface area contributed by atoms with Crippen LogP contribution in [0.4, 0.5) is 0 Å². The molecule has 1 unspecified atom stereocenters. The highest BCUT2D eigenvalue weighted by Crippen LogP contribution is 2.49. The molecule has 0 amide bonds. The number of hydrogen-bond donors (Lipinski definition) is 0. The van der Waals surface area contributed by atoms with Crippen molar-refractivity contribution in [2.75, 3.05) is 0 Å². The smallest absolute Gasteiger partial charge is 0.0720 e. The predicted octanol–water partition coefficient (Wildman–Crippen LogP) is 15.0. The molecule has 0 N–H and O–H groups in total. The predicted molar refractivity (Wildman–Crippen MR) is 242 cm³/mol. The van der Waals surface area contributed by atoms with E-state index in [1.807, 2.05) is 11.3 Å². The van der Waals surface area contributed by atoms with E-state index in [0.717, 1.165) is 6.42 Å². The van der Waals surface area contributed by atoms with Crippen LogP contribution in [0.2, 0.25) is 0 Å². The first-order valence-corrected chi connectivity index (χ1v) is 20.4. The Balaban J connectivity index is 1.12. The molecule has 12 rings (SSSR count). The van der Waals surface area contributed by atoms with E-state index in [-0.39, 0.29) is 0 Å². The van der Waals surface area contributed by atoms with Crippen molar-refractivity contribution in [2.45, 2.75) is 13.3 Å². The Labute approximate surface area is 328 Å². The molecule has 8 aromatic carbocycles. The lowest BCUT2D eigenvalue weighted by molar-refractivity contribution is 0.736. The van der Waals surface area contributed by atoms with Gasteiger partial charge in [0.15, 0.2) is 0 Å². The highest BCUT2D eigenvalue weighted by molar-refractivity contribution is 7.26. The van der Waals surface area contributed by atoms with Crippen LogP contribution in [-0.4, -0.2) is 9.13 Å². The van der Waals surface area contributed by atoms with Crippen LogP contribution in [0.1, 0.15) is 18.9 Å². The molecule has 3 heterocycles. The second-order valence-electron chi connectivity index (χ2n) is 15.3. The van der Waals surface area contributed by atoms with Gasteiger partial charge in [-0.2, -0.15) is 0 Å². The van der Waals surface area contributed by atoms with Crippen LogP contribution in [0.3, 0.4) is 0 Å². The third kappa shape index (κ3) is 4.62. The van der Waals surface area contributed by atoms with E-state index in [9.17, 15) is 0 Å². The van der Waals surface area contributed by atoms with Gasteiger partial charge in [0.25, 0.3) is 0 Å². The maximum absolute atomic E-state index is 2.52. The van der Waals surface area contributed by atoms with Gasteiger partial charge in [-0.3, -0.25) is 0 Å². The number of rotatable bonds is 4.